The van der Waals surface area contributed by atoms with Crippen LogP contribution in [0.1, 0.15) is 45.4 Å². The standard InChI is InChI=1S/C12H26N2O3/c1-2-3-4-7-14-12(17)9-11(16)8-10(15)5-6-13/h10-11,15-16H,2-9,13H2,1H3,(H,14,17)/t10-,11-/m1/s1. The van der Waals surface area contributed by atoms with Crippen molar-refractivity contribution >= 4 is 5.91 Å². The fourth-order valence-electron chi connectivity index (χ4n) is 1.60. The molecular weight excluding hydrogens is 220 g/mol. The maximum absolute atomic E-state index is 11.4. The van der Waals surface area contributed by atoms with Crippen LogP contribution in [-0.4, -0.2) is 41.4 Å². The minimum atomic E-state index is -0.789. The zero-order valence-electron chi connectivity index (χ0n) is 10.7. The molecule has 0 radical (unpaired) electrons. The smallest absolute Gasteiger partial charge is 0.222 e. The zero-order valence-corrected chi connectivity index (χ0v) is 10.7. The Labute approximate surface area is 103 Å². The van der Waals surface area contributed by atoms with Crippen LogP contribution in [0.2, 0.25) is 0 Å². The largest absolute Gasteiger partial charge is 0.393 e. The Morgan fingerprint density at radius 1 is 1.29 bits per heavy atom. The Kier molecular flexibility index (Phi) is 10.1. The van der Waals surface area contributed by atoms with Gasteiger partial charge in [-0.2, -0.15) is 0 Å². The lowest BCUT2D eigenvalue weighted by Gasteiger charge is -2.14. The highest BCUT2D eigenvalue weighted by Crippen LogP contribution is 2.05. The summed E-state index contributed by atoms with van der Waals surface area (Å²) >= 11 is 0. The average Bonchev–Trinajstić information content (AvgIpc) is 2.24. The number of unbranched alkanes of at least 4 members (excludes halogenated alkanes) is 2. The van der Waals surface area contributed by atoms with Crippen LogP contribution in [-0.2, 0) is 4.79 Å². The third-order valence-electron chi connectivity index (χ3n) is 2.57. The Bertz CT molecular complexity index is 200. The van der Waals surface area contributed by atoms with Crippen molar-refractivity contribution in [3.63, 3.8) is 0 Å². The first kappa shape index (κ1) is 16.4. The minimum Gasteiger partial charge on any atom is -0.393 e. The van der Waals surface area contributed by atoms with Crippen molar-refractivity contribution in [2.45, 2.75) is 57.7 Å². The maximum Gasteiger partial charge on any atom is 0.222 e. The van der Waals surface area contributed by atoms with Gasteiger partial charge in [0.15, 0.2) is 0 Å². The number of amides is 1. The summed E-state index contributed by atoms with van der Waals surface area (Å²) in [6, 6.07) is 0. The van der Waals surface area contributed by atoms with Crippen molar-refractivity contribution in [1.82, 2.24) is 5.32 Å². The highest BCUT2D eigenvalue weighted by Gasteiger charge is 2.14. The summed E-state index contributed by atoms with van der Waals surface area (Å²) < 4.78 is 0. The highest BCUT2D eigenvalue weighted by molar-refractivity contribution is 5.76. The molecule has 0 aliphatic heterocycles. The molecule has 102 valence electrons. The molecule has 0 spiro atoms. The number of nitrogens with two attached hydrogens (primary N) is 1. The molecule has 5 heteroatoms. The van der Waals surface area contributed by atoms with Gasteiger partial charge in [-0.05, 0) is 25.8 Å². The van der Waals surface area contributed by atoms with Crippen LogP contribution in [0.5, 0.6) is 0 Å². The summed E-state index contributed by atoms with van der Waals surface area (Å²) in [6.45, 7) is 3.15. The van der Waals surface area contributed by atoms with Crippen molar-refractivity contribution in [3.8, 4) is 0 Å². The van der Waals surface area contributed by atoms with Gasteiger partial charge in [0.2, 0.25) is 5.91 Å². The van der Waals surface area contributed by atoms with Crippen molar-refractivity contribution < 1.29 is 15.0 Å². The highest BCUT2D eigenvalue weighted by atomic mass is 16.3. The molecule has 0 aromatic heterocycles. The molecule has 0 fully saturated rings. The van der Waals surface area contributed by atoms with Gasteiger partial charge in [-0.1, -0.05) is 19.8 Å². The van der Waals surface area contributed by atoms with Crippen LogP contribution in [0.15, 0.2) is 0 Å². The van der Waals surface area contributed by atoms with Gasteiger partial charge in [0, 0.05) is 6.54 Å². The second-order valence-electron chi connectivity index (χ2n) is 4.38. The van der Waals surface area contributed by atoms with Gasteiger partial charge >= 0.3 is 0 Å². The van der Waals surface area contributed by atoms with E-state index in [4.69, 9.17) is 5.73 Å². The molecule has 0 saturated heterocycles. The minimum absolute atomic E-state index is 0.0494. The molecule has 5 nitrogen and oxygen atoms in total. The molecule has 2 atom stereocenters. The first-order valence-electron chi connectivity index (χ1n) is 6.43. The van der Waals surface area contributed by atoms with Gasteiger partial charge in [-0.25, -0.2) is 0 Å². The SMILES string of the molecule is CCCCCNC(=O)C[C@H](O)C[C@H](O)CCN. The van der Waals surface area contributed by atoms with Crippen molar-refractivity contribution in [2.75, 3.05) is 13.1 Å². The molecule has 0 aliphatic rings. The summed E-state index contributed by atoms with van der Waals surface area (Å²) in [4.78, 5) is 11.4. The lowest BCUT2D eigenvalue weighted by atomic mass is 10.1. The van der Waals surface area contributed by atoms with Gasteiger partial charge in [-0.3, -0.25) is 4.79 Å². The van der Waals surface area contributed by atoms with E-state index in [1.54, 1.807) is 0 Å². The van der Waals surface area contributed by atoms with E-state index >= 15 is 0 Å². The van der Waals surface area contributed by atoms with E-state index < -0.39 is 12.2 Å². The first-order valence-corrected chi connectivity index (χ1v) is 6.43. The van der Waals surface area contributed by atoms with Crippen LogP contribution >= 0.6 is 0 Å². The van der Waals surface area contributed by atoms with Crippen molar-refractivity contribution in [1.29, 1.82) is 0 Å². The van der Waals surface area contributed by atoms with Gasteiger partial charge in [0.25, 0.3) is 0 Å². The van der Waals surface area contributed by atoms with Gasteiger partial charge < -0.3 is 21.3 Å². The number of nitrogens with one attached hydrogen (secondary N) is 1. The van der Waals surface area contributed by atoms with Crippen LogP contribution in [0, 0.1) is 0 Å². The normalized spacial score (nSPS) is 14.4. The Balaban J connectivity index is 3.58. The molecule has 0 bridgehead atoms. The predicted molar refractivity (Wildman–Crippen MR) is 67.5 cm³/mol. The summed E-state index contributed by atoms with van der Waals surface area (Å²) in [5, 5.41) is 21.7. The molecule has 0 saturated carbocycles. The third kappa shape index (κ3) is 10.2. The van der Waals surface area contributed by atoms with E-state index in [-0.39, 0.29) is 18.7 Å². The van der Waals surface area contributed by atoms with Gasteiger partial charge in [-0.15, -0.1) is 0 Å². The molecule has 0 unspecified atom stereocenters. The first-order chi connectivity index (χ1) is 8.10. The zero-order chi connectivity index (χ0) is 13.1. The topological polar surface area (TPSA) is 95.6 Å². The number of aliphatic hydroxyl groups is 2. The molecule has 1 amide bonds. The molecule has 17 heavy (non-hydrogen) atoms. The molecule has 0 aromatic rings. The van der Waals surface area contributed by atoms with E-state index in [9.17, 15) is 15.0 Å². The van der Waals surface area contributed by atoms with Crippen LogP contribution in [0.4, 0.5) is 0 Å². The Hall–Kier alpha value is -0.650. The van der Waals surface area contributed by atoms with Gasteiger partial charge in [0.1, 0.15) is 0 Å². The van der Waals surface area contributed by atoms with Crippen LogP contribution in [0.25, 0.3) is 0 Å². The summed E-state index contributed by atoms with van der Waals surface area (Å²) in [7, 11) is 0. The second kappa shape index (κ2) is 10.5. The number of hydrogen-bond donors (Lipinski definition) is 4. The molecule has 0 rings (SSSR count). The lowest BCUT2D eigenvalue weighted by molar-refractivity contribution is -0.123. The van der Waals surface area contributed by atoms with Crippen molar-refractivity contribution in [3.05, 3.63) is 0 Å². The van der Waals surface area contributed by atoms with Crippen molar-refractivity contribution in [2.24, 2.45) is 5.73 Å². The summed E-state index contributed by atoms with van der Waals surface area (Å²) in [6.07, 6.45) is 2.48. The fourth-order valence-corrected chi connectivity index (χ4v) is 1.60. The monoisotopic (exact) mass is 246 g/mol. The van der Waals surface area contributed by atoms with E-state index in [0.29, 0.717) is 19.5 Å². The molecule has 5 N–H and O–H groups in total. The Morgan fingerprint density at radius 3 is 2.59 bits per heavy atom. The molecular formula is C12H26N2O3. The molecule has 0 aromatic carbocycles. The summed E-state index contributed by atoms with van der Waals surface area (Å²) in [5.74, 6) is -0.159. The number of rotatable bonds is 10. The average molecular weight is 246 g/mol. The number of carbonyl (C=O) groups is 1. The van der Waals surface area contributed by atoms with E-state index in [2.05, 4.69) is 12.2 Å². The molecule has 0 heterocycles. The van der Waals surface area contributed by atoms with E-state index in [1.807, 2.05) is 0 Å². The lowest BCUT2D eigenvalue weighted by Crippen LogP contribution is -2.30. The van der Waals surface area contributed by atoms with E-state index in [1.165, 1.54) is 0 Å². The second-order valence-corrected chi connectivity index (χ2v) is 4.38. The quantitative estimate of drug-likeness (QED) is 0.412. The summed E-state index contributed by atoms with van der Waals surface area (Å²) in [5.41, 5.74) is 5.28. The number of carbonyl (C=O) groups excluding carboxylic acids is 1. The maximum atomic E-state index is 11.4. The Morgan fingerprint density at radius 2 is 2.00 bits per heavy atom. The van der Waals surface area contributed by atoms with Crippen LogP contribution < -0.4 is 11.1 Å². The predicted octanol–water partition coefficient (Wildman–Crippen LogP) is 0.144. The number of aliphatic hydroxyl groups excluding tert-OH is 2. The fraction of sp³-hybridized carbons (Fsp3) is 0.917. The van der Waals surface area contributed by atoms with Gasteiger partial charge in [0.05, 0.1) is 18.6 Å². The third-order valence-corrected chi connectivity index (χ3v) is 2.57. The molecule has 0 aliphatic carbocycles. The van der Waals surface area contributed by atoms with Crippen LogP contribution in [0.3, 0.4) is 0 Å². The van der Waals surface area contributed by atoms with E-state index in [0.717, 1.165) is 19.3 Å². The number of hydrogen-bond acceptors (Lipinski definition) is 4.